The molecule has 0 atom stereocenters. The van der Waals surface area contributed by atoms with Gasteiger partial charge in [-0.3, -0.25) is 10.1 Å². The third-order valence-electron chi connectivity index (χ3n) is 2.73. The van der Waals surface area contributed by atoms with Gasteiger partial charge in [-0.2, -0.15) is 0 Å². The molecule has 0 aliphatic heterocycles. The Morgan fingerprint density at radius 3 is 2.67 bits per heavy atom. The van der Waals surface area contributed by atoms with Crippen LogP contribution in [-0.2, 0) is 10.5 Å². The van der Waals surface area contributed by atoms with E-state index in [4.69, 9.17) is 23.2 Å². The second kappa shape index (κ2) is 9.87. The van der Waals surface area contributed by atoms with Gasteiger partial charge in [0.2, 0.25) is 11.0 Å². The SMILES string of the molecule is CC(C)CSc1nnc(NC(=O)CSCc2c(Cl)cccc2Cl)s1. The van der Waals surface area contributed by atoms with E-state index >= 15 is 0 Å². The average Bonchev–Trinajstić information content (AvgIpc) is 2.95. The Labute approximate surface area is 164 Å². The number of aromatic nitrogens is 2. The molecule has 0 unspecified atom stereocenters. The summed E-state index contributed by atoms with van der Waals surface area (Å²) in [5.41, 5.74) is 0.849. The fourth-order valence-electron chi connectivity index (χ4n) is 1.63. The van der Waals surface area contributed by atoms with E-state index in [1.54, 1.807) is 30.0 Å². The predicted molar refractivity (Wildman–Crippen MR) is 107 cm³/mol. The van der Waals surface area contributed by atoms with Crippen LogP contribution in [-0.4, -0.2) is 27.6 Å². The van der Waals surface area contributed by atoms with Crippen molar-refractivity contribution in [2.24, 2.45) is 5.92 Å². The van der Waals surface area contributed by atoms with E-state index < -0.39 is 0 Å². The first-order valence-corrected chi connectivity index (χ1v) is 10.9. The second-order valence-corrected chi connectivity index (χ2v) is 9.36. The summed E-state index contributed by atoms with van der Waals surface area (Å²) in [6.07, 6.45) is 0. The van der Waals surface area contributed by atoms with Crippen LogP contribution in [0.5, 0.6) is 0 Å². The van der Waals surface area contributed by atoms with Gasteiger partial charge in [-0.15, -0.1) is 22.0 Å². The first-order valence-electron chi connectivity index (χ1n) is 7.22. The molecule has 0 fully saturated rings. The molecule has 1 N–H and O–H groups in total. The molecule has 2 rings (SSSR count). The highest BCUT2D eigenvalue weighted by molar-refractivity contribution is 8.01. The minimum Gasteiger partial charge on any atom is -0.300 e. The zero-order chi connectivity index (χ0) is 17.5. The van der Waals surface area contributed by atoms with E-state index in [2.05, 4.69) is 29.4 Å². The third kappa shape index (κ3) is 6.44. The molecule has 0 spiro atoms. The summed E-state index contributed by atoms with van der Waals surface area (Å²) in [5.74, 6) is 2.34. The number of rotatable bonds is 8. The maximum absolute atomic E-state index is 12.0. The standard InChI is InChI=1S/C15H17Cl2N3OS3/c1-9(2)6-23-15-20-19-14(24-15)18-13(21)8-22-7-10-11(16)4-3-5-12(10)17/h3-5,9H,6-8H2,1-2H3,(H,18,19,21). The van der Waals surface area contributed by atoms with Gasteiger partial charge in [0, 0.05) is 21.6 Å². The zero-order valence-electron chi connectivity index (χ0n) is 13.2. The lowest BCUT2D eigenvalue weighted by atomic mass is 10.2. The van der Waals surface area contributed by atoms with Crippen molar-refractivity contribution in [1.82, 2.24) is 10.2 Å². The molecular weight excluding hydrogens is 405 g/mol. The van der Waals surface area contributed by atoms with Gasteiger partial charge in [0.25, 0.3) is 0 Å². The Balaban J connectivity index is 1.77. The molecule has 1 aromatic carbocycles. The molecule has 0 saturated heterocycles. The Bertz CT molecular complexity index is 674. The van der Waals surface area contributed by atoms with Gasteiger partial charge in [-0.05, 0) is 23.6 Å². The minimum absolute atomic E-state index is 0.111. The van der Waals surface area contributed by atoms with Crippen LogP contribution in [0.15, 0.2) is 22.5 Å². The maximum atomic E-state index is 12.0. The van der Waals surface area contributed by atoms with E-state index in [0.29, 0.717) is 32.6 Å². The summed E-state index contributed by atoms with van der Waals surface area (Å²) in [4.78, 5) is 12.0. The van der Waals surface area contributed by atoms with Gasteiger partial charge in [0.1, 0.15) is 0 Å². The molecule has 0 radical (unpaired) electrons. The van der Waals surface area contributed by atoms with Crippen molar-refractivity contribution in [3.05, 3.63) is 33.8 Å². The van der Waals surface area contributed by atoms with Crippen LogP contribution in [0.3, 0.4) is 0 Å². The minimum atomic E-state index is -0.111. The number of benzene rings is 1. The van der Waals surface area contributed by atoms with E-state index in [0.717, 1.165) is 15.7 Å². The van der Waals surface area contributed by atoms with Crippen molar-refractivity contribution < 1.29 is 4.79 Å². The number of nitrogens with one attached hydrogen (secondary N) is 1. The number of hydrogen-bond acceptors (Lipinski definition) is 6. The summed E-state index contributed by atoms with van der Waals surface area (Å²) >= 11 is 16.7. The molecule has 2 aromatic rings. The number of carbonyl (C=O) groups excluding carboxylic acids is 1. The zero-order valence-corrected chi connectivity index (χ0v) is 17.2. The number of anilines is 1. The lowest BCUT2D eigenvalue weighted by molar-refractivity contribution is -0.113. The van der Waals surface area contributed by atoms with E-state index in [1.165, 1.54) is 23.1 Å². The number of carbonyl (C=O) groups is 1. The molecule has 130 valence electrons. The van der Waals surface area contributed by atoms with Crippen molar-refractivity contribution in [2.75, 3.05) is 16.8 Å². The molecule has 0 aliphatic carbocycles. The highest BCUT2D eigenvalue weighted by atomic mass is 35.5. The Morgan fingerprint density at radius 2 is 2.00 bits per heavy atom. The first kappa shape index (κ1) is 19.8. The number of hydrogen-bond donors (Lipinski definition) is 1. The first-order chi connectivity index (χ1) is 11.5. The normalized spacial score (nSPS) is 11.0. The van der Waals surface area contributed by atoms with Crippen LogP contribution in [0, 0.1) is 5.92 Å². The van der Waals surface area contributed by atoms with Crippen LogP contribution < -0.4 is 5.32 Å². The fraction of sp³-hybridized carbons (Fsp3) is 0.400. The lowest BCUT2D eigenvalue weighted by Crippen LogP contribution is -2.14. The van der Waals surface area contributed by atoms with Crippen LogP contribution in [0.1, 0.15) is 19.4 Å². The Morgan fingerprint density at radius 1 is 1.29 bits per heavy atom. The number of nitrogens with zero attached hydrogens (tertiary/aromatic N) is 2. The largest absolute Gasteiger partial charge is 0.300 e. The van der Waals surface area contributed by atoms with Crippen LogP contribution in [0.25, 0.3) is 0 Å². The van der Waals surface area contributed by atoms with Gasteiger partial charge in [-0.1, -0.05) is 66.2 Å². The highest BCUT2D eigenvalue weighted by Crippen LogP contribution is 2.29. The van der Waals surface area contributed by atoms with Crippen molar-refractivity contribution in [3.63, 3.8) is 0 Å². The molecule has 0 bridgehead atoms. The predicted octanol–water partition coefficient (Wildman–Crippen LogP) is 5.46. The van der Waals surface area contributed by atoms with Gasteiger partial charge < -0.3 is 0 Å². The molecule has 4 nitrogen and oxygen atoms in total. The number of amides is 1. The lowest BCUT2D eigenvalue weighted by Gasteiger charge is -2.06. The molecular formula is C15H17Cl2N3OS3. The highest BCUT2D eigenvalue weighted by Gasteiger charge is 2.11. The van der Waals surface area contributed by atoms with Crippen molar-refractivity contribution in [1.29, 1.82) is 0 Å². The topological polar surface area (TPSA) is 54.9 Å². The average molecular weight is 422 g/mol. The number of thioether (sulfide) groups is 2. The van der Waals surface area contributed by atoms with Crippen LogP contribution in [0.2, 0.25) is 10.0 Å². The van der Waals surface area contributed by atoms with Crippen LogP contribution in [0.4, 0.5) is 5.13 Å². The number of halogens is 2. The molecule has 9 heteroatoms. The summed E-state index contributed by atoms with van der Waals surface area (Å²) in [7, 11) is 0. The second-order valence-electron chi connectivity index (χ2n) is 5.32. The Hall–Kier alpha value is -0.470. The van der Waals surface area contributed by atoms with Crippen molar-refractivity contribution >= 4 is 69.1 Å². The van der Waals surface area contributed by atoms with Gasteiger partial charge >= 0.3 is 0 Å². The molecule has 0 aliphatic rings. The van der Waals surface area contributed by atoms with Gasteiger partial charge in [0.15, 0.2) is 4.34 Å². The van der Waals surface area contributed by atoms with Gasteiger partial charge in [-0.25, -0.2) is 0 Å². The third-order valence-corrected chi connectivity index (χ3v) is 6.80. The summed E-state index contributed by atoms with van der Waals surface area (Å²) < 4.78 is 0.870. The molecule has 1 aromatic heterocycles. The molecule has 1 heterocycles. The van der Waals surface area contributed by atoms with Gasteiger partial charge in [0.05, 0.1) is 5.75 Å². The summed E-state index contributed by atoms with van der Waals surface area (Å²) in [5, 5.41) is 12.6. The van der Waals surface area contributed by atoms with E-state index in [1.807, 2.05) is 0 Å². The summed E-state index contributed by atoms with van der Waals surface area (Å²) in [6, 6.07) is 5.39. The summed E-state index contributed by atoms with van der Waals surface area (Å²) in [6.45, 7) is 4.30. The fourth-order valence-corrected chi connectivity index (χ4v) is 4.94. The smallest absolute Gasteiger partial charge is 0.236 e. The quantitative estimate of drug-likeness (QED) is 0.452. The maximum Gasteiger partial charge on any atom is 0.236 e. The van der Waals surface area contributed by atoms with Crippen molar-refractivity contribution in [3.8, 4) is 0 Å². The van der Waals surface area contributed by atoms with E-state index in [9.17, 15) is 4.79 Å². The van der Waals surface area contributed by atoms with Crippen LogP contribution >= 0.6 is 58.1 Å². The monoisotopic (exact) mass is 421 g/mol. The molecule has 1 amide bonds. The molecule has 0 saturated carbocycles. The Kier molecular flexibility index (Phi) is 8.16. The van der Waals surface area contributed by atoms with Crippen molar-refractivity contribution in [2.45, 2.75) is 23.9 Å². The molecule has 24 heavy (non-hydrogen) atoms. The van der Waals surface area contributed by atoms with E-state index in [-0.39, 0.29) is 5.91 Å².